The molecule has 0 radical (unpaired) electrons. The zero-order valence-electron chi connectivity index (χ0n) is 12.3. The van der Waals surface area contributed by atoms with Gasteiger partial charge in [-0.2, -0.15) is 0 Å². The Bertz CT molecular complexity index is 805. The molecule has 1 aromatic heterocycles. The van der Waals surface area contributed by atoms with Gasteiger partial charge in [-0.05, 0) is 43.2 Å². The van der Waals surface area contributed by atoms with Gasteiger partial charge in [0.15, 0.2) is 0 Å². The van der Waals surface area contributed by atoms with Gasteiger partial charge in [0.2, 0.25) is 0 Å². The minimum absolute atomic E-state index is 0.166. The van der Waals surface area contributed by atoms with Crippen LogP contribution in [0.3, 0.4) is 0 Å². The van der Waals surface area contributed by atoms with Crippen LogP contribution in [0.1, 0.15) is 18.9 Å². The Balaban J connectivity index is 2.27. The second-order valence-corrected chi connectivity index (χ2v) is 5.36. The fraction of sp³-hybridized carbons (Fsp3) is 0.235. The standard InChI is InChI=1S/C17H19N3O/c1-3-8-20-15-7-4-11(2)9-14(15)19-17(20)13-6-5-12(18)10-16(13)21/h4-7,9-10,21H,3,8,18H2,1-2H3. The van der Waals surface area contributed by atoms with E-state index in [0.29, 0.717) is 11.3 Å². The van der Waals surface area contributed by atoms with Crippen molar-refractivity contribution in [2.24, 2.45) is 0 Å². The van der Waals surface area contributed by atoms with Crippen LogP contribution in [0.4, 0.5) is 5.69 Å². The SMILES string of the molecule is CCCn1c(-c2ccc(N)cc2O)nc2cc(C)ccc21. The van der Waals surface area contributed by atoms with Crippen molar-refractivity contribution in [3.63, 3.8) is 0 Å². The van der Waals surface area contributed by atoms with Crippen LogP contribution in [0, 0.1) is 6.92 Å². The van der Waals surface area contributed by atoms with Crippen molar-refractivity contribution >= 4 is 16.7 Å². The van der Waals surface area contributed by atoms with Crippen LogP contribution in [0.5, 0.6) is 5.75 Å². The molecule has 2 aromatic carbocycles. The third-order valence-corrected chi connectivity index (χ3v) is 3.61. The molecule has 0 atom stereocenters. The van der Waals surface area contributed by atoms with Gasteiger partial charge >= 0.3 is 0 Å². The molecule has 0 aliphatic rings. The highest BCUT2D eigenvalue weighted by Crippen LogP contribution is 2.33. The van der Waals surface area contributed by atoms with E-state index in [1.807, 2.05) is 6.07 Å². The van der Waals surface area contributed by atoms with Crippen molar-refractivity contribution in [3.05, 3.63) is 42.0 Å². The monoisotopic (exact) mass is 281 g/mol. The van der Waals surface area contributed by atoms with Crippen molar-refractivity contribution < 1.29 is 5.11 Å². The van der Waals surface area contributed by atoms with Gasteiger partial charge < -0.3 is 15.4 Å². The first-order chi connectivity index (χ1) is 10.1. The van der Waals surface area contributed by atoms with Gasteiger partial charge in [0.25, 0.3) is 0 Å². The first-order valence-corrected chi connectivity index (χ1v) is 7.16. The number of aromatic hydroxyl groups is 1. The summed E-state index contributed by atoms with van der Waals surface area (Å²) in [4.78, 5) is 4.72. The van der Waals surface area contributed by atoms with Crippen molar-refractivity contribution in [1.29, 1.82) is 0 Å². The molecule has 21 heavy (non-hydrogen) atoms. The third-order valence-electron chi connectivity index (χ3n) is 3.61. The lowest BCUT2D eigenvalue weighted by atomic mass is 10.1. The highest BCUT2D eigenvalue weighted by Gasteiger charge is 2.15. The van der Waals surface area contributed by atoms with Crippen molar-refractivity contribution in [2.45, 2.75) is 26.8 Å². The lowest BCUT2D eigenvalue weighted by molar-refractivity contribution is 0.476. The van der Waals surface area contributed by atoms with Gasteiger partial charge in [0.05, 0.1) is 16.6 Å². The van der Waals surface area contributed by atoms with Crippen LogP contribution in [-0.4, -0.2) is 14.7 Å². The average molecular weight is 281 g/mol. The molecular formula is C17H19N3O. The molecule has 3 N–H and O–H groups in total. The highest BCUT2D eigenvalue weighted by molar-refractivity contribution is 5.83. The molecule has 0 aliphatic heterocycles. The van der Waals surface area contributed by atoms with Crippen LogP contribution in [-0.2, 0) is 6.54 Å². The number of nitrogens with zero attached hydrogens (tertiary/aromatic N) is 2. The summed E-state index contributed by atoms with van der Waals surface area (Å²) < 4.78 is 2.15. The van der Waals surface area contributed by atoms with E-state index < -0.39 is 0 Å². The maximum atomic E-state index is 10.2. The Morgan fingerprint density at radius 2 is 2.00 bits per heavy atom. The highest BCUT2D eigenvalue weighted by atomic mass is 16.3. The average Bonchev–Trinajstić information content (AvgIpc) is 2.77. The number of nitrogen functional groups attached to an aromatic ring is 1. The minimum Gasteiger partial charge on any atom is -0.507 e. The molecule has 1 heterocycles. The number of fused-ring (bicyclic) bond motifs is 1. The van der Waals surface area contributed by atoms with Gasteiger partial charge in [-0.3, -0.25) is 0 Å². The molecule has 0 bridgehead atoms. The first kappa shape index (κ1) is 13.5. The summed E-state index contributed by atoms with van der Waals surface area (Å²) >= 11 is 0. The number of aryl methyl sites for hydroxylation is 2. The Kier molecular flexibility index (Phi) is 3.29. The predicted octanol–water partition coefficient (Wildman–Crippen LogP) is 3.71. The van der Waals surface area contributed by atoms with Gasteiger partial charge in [0, 0.05) is 18.3 Å². The molecule has 3 aromatic rings. The lowest BCUT2D eigenvalue weighted by Crippen LogP contribution is -2.00. The molecule has 108 valence electrons. The van der Waals surface area contributed by atoms with E-state index in [2.05, 4.69) is 36.6 Å². The zero-order valence-corrected chi connectivity index (χ0v) is 12.3. The Morgan fingerprint density at radius 3 is 2.71 bits per heavy atom. The number of hydrogen-bond donors (Lipinski definition) is 2. The second-order valence-electron chi connectivity index (χ2n) is 5.36. The van der Waals surface area contributed by atoms with Gasteiger partial charge in [-0.15, -0.1) is 0 Å². The summed E-state index contributed by atoms with van der Waals surface area (Å²) in [6, 6.07) is 11.4. The maximum absolute atomic E-state index is 10.2. The van der Waals surface area contributed by atoms with Crippen molar-refractivity contribution in [2.75, 3.05) is 5.73 Å². The van der Waals surface area contributed by atoms with E-state index in [-0.39, 0.29) is 5.75 Å². The number of rotatable bonds is 3. The van der Waals surface area contributed by atoms with Crippen molar-refractivity contribution in [3.8, 4) is 17.1 Å². The molecule has 0 amide bonds. The van der Waals surface area contributed by atoms with E-state index in [1.54, 1.807) is 12.1 Å². The Labute approximate surface area is 123 Å². The smallest absolute Gasteiger partial charge is 0.144 e. The fourth-order valence-corrected chi connectivity index (χ4v) is 2.63. The summed E-state index contributed by atoms with van der Waals surface area (Å²) in [5.74, 6) is 0.953. The molecule has 0 spiro atoms. The maximum Gasteiger partial charge on any atom is 0.144 e. The van der Waals surface area contributed by atoms with E-state index in [4.69, 9.17) is 10.7 Å². The first-order valence-electron chi connectivity index (χ1n) is 7.16. The molecule has 0 aliphatic carbocycles. The molecular weight excluding hydrogens is 262 g/mol. The number of phenols is 1. The molecule has 0 saturated carbocycles. The van der Waals surface area contributed by atoms with Crippen LogP contribution in [0.15, 0.2) is 36.4 Å². The van der Waals surface area contributed by atoms with E-state index in [1.165, 1.54) is 5.56 Å². The number of phenolic OH excluding ortho intramolecular Hbond substituents is 1. The summed E-state index contributed by atoms with van der Waals surface area (Å²) in [5.41, 5.74) is 10.2. The largest absolute Gasteiger partial charge is 0.507 e. The van der Waals surface area contributed by atoms with E-state index >= 15 is 0 Å². The van der Waals surface area contributed by atoms with Crippen LogP contribution in [0.2, 0.25) is 0 Å². The fourth-order valence-electron chi connectivity index (χ4n) is 2.63. The third kappa shape index (κ3) is 2.33. The quantitative estimate of drug-likeness (QED) is 0.719. The summed E-state index contributed by atoms with van der Waals surface area (Å²) in [5, 5.41) is 10.2. The zero-order chi connectivity index (χ0) is 15.0. The predicted molar refractivity (Wildman–Crippen MR) is 86.3 cm³/mol. The number of imidazole rings is 1. The number of hydrogen-bond acceptors (Lipinski definition) is 3. The number of nitrogens with two attached hydrogens (primary N) is 1. The number of aromatic nitrogens is 2. The molecule has 0 unspecified atom stereocenters. The van der Waals surface area contributed by atoms with Crippen LogP contribution in [0.25, 0.3) is 22.4 Å². The van der Waals surface area contributed by atoms with E-state index in [9.17, 15) is 5.11 Å². The Morgan fingerprint density at radius 1 is 1.19 bits per heavy atom. The summed E-state index contributed by atoms with van der Waals surface area (Å²) in [7, 11) is 0. The molecule has 4 nitrogen and oxygen atoms in total. The number of benzene rings is 2. The van der Waals surface area contributed by atoms with Gasteiger partial charge in [-0.1, -0.05) is 13.0 Å². The van der Waals surface area contributed by atoms with Gasteiger partial charge in [0.1, 0.15) is 11.6 Å². The molecule has 4 heteroatoms. The molecule has 0 fully saturated rings. The normalized spacial score (nSPS) is 11.1. The van der Waals surface area contributed by atoms with E-state index in [0.717, 1.165) is 29.8 Å². The summed E-state index contributed by atoms with van der Waals surface area (Å²) in [6.07, 6.45) is 1.00. The van der Waals surface area contributed by atoms with Crippen LogP contribution >= 0.6 is 0 Å². The minimum atomic E-state index is 0.166. The topological polar surface area (TPSA) is 64.1 Å². The summed E-state index contributed by atoms with van der Waals surface area (Å²) in [6.45, 7) is 5.05. The molecule has 0 saturated heterocycles. The Hall–Kier alpha value is -2.49. The van der Waals surface area contributed by atoms with Gasteiger partial charge in [-0.25, -0.2) is 4.98 Å². The lowest BCUT2D eigenvalue weighted by Gasteiger charge is -2.09. The number of anilines is 1. The van der Waals surface area contributed by atoms with Crippen LogP contribution < -0.4 is 5.73 Å². The second kappa shape index (κ2) is 5.13. The molecule has 3 rings (SSSR count). The van der Waals surface area contributed by atoms with Crippen molar-refractivity contribution in [1.82, 2.24) is 9.55 Å².